The molecule has 0 radical (unpaired) electrons. The highest BCUT2D eigenvalue weighted by molar-refractivity contribution is 6.34. The van der Waals surface area contributed by atoms with Crippen LogP contribution in [0.3, 0.4) is 0 Å². The van der Waals surface area contributed by atoms with Crippen molar-refractivity contribution in [3.8, 4) is 0 Å². The SMILES string of the molecule is CC(C)c1cc(Cl)c(C(C)C)cc1Cl. The molecule has 0 heterocycles. The van der Waals surface area contributed by atoms with E-state index in [-0.39, 0.29) is 0 Å². The fourth-order valence-electron chi connectivity index (χ4n) is 1.46. The Morgan fingerprint density at radius 2 is 1.07 bits per heavy atom. The Morgan fingerprint density at radius 1 is 0.786 bits per heavy atom. The summed E-state index contributed by atoms with van der Waals surface area (Å²) in [7, 11) is 0. The van der Waals surface area contributed by atoms with Crippen LogP contribution in [0, 0.1) is 0 Å². The van der Waals surface area contributed by atoms with E-state index in [0.29, 0.717) is 11.8 Å². The molecule has 0 fully saturated rings. The van der Waals surface area contributed by atoms with Gasteiger partial charge in [-0.1, -0.05) is 50.9 Å². The second-order valence-electron chi connectivity index (χ2n) is 4.20. The third kappa shape index (κ3) is 2.43. The molecule has 0 atom stereocenters. The van der Waals surface area contributed by atoms with Crippen LogP contribution >= 0.6 is 23.2 Å². The van der Waals surface area contributed by atoms with Gasteiger partial charge in [0.15, 0.2) is 0 Å². The van der Waals surface area contributed by atoms with E-state index in [1.54, 1.807) is 0 Å². The van der Waals surface area contributed by atoms with Crippen LogP contribution in [0.1, 0.15) is 50.7 Å². The Bertz CT molecular complexity index is 294. The van der Waals surface area contributed by atoms with Crippen LogP contribution in [0.4, 0.5) is 0 Å². The molecule has 0 saturated carbocycles. The van der Waals surface area contributed by atoms with Crippen LogP contribution in [-0.2, 0) is 0 Å². The molecule has 0 saturated heterocycles. The molecule has 1 aromatic rings. The van der Waals surface area contributed by atoms with E-state index in [0.717, 1.165) is 21.2 Å². The Morgan fingerprint density at radius 3 is 1.29 bits per heavy atom. The quantitative estimate of drug-likeness (QED) is 0.652. The molecule has 14 heavy (non-hydrogen) atoms. The van der Waals surface area contributed by atoms with Crippen molar-refractivity contribution in [2.75, 3.05) is 0 Å². The lowest BCUT2D eigenvalue weighted by Gasteiger charge is -2.14. The lowest BCUT2D eigenvalue weighted by molar-refractivity contribution is 0.845. The van der Waals surface area contributed by atoms with Crippen molar-refractivity contribution in [1.29, 1.82) is 0 Å². The molecule has 0 bridgehead atoms. The van der Waals surface area contributed by atoms with Crippen molar-refractivity contribution in [2.24, 2.45) is 0 Å². The maximum atomic E-state index is 6.18. The van der Waals surface area contributed by atoms with Crippen molar-refractivity contribution in [3.05, 3.63) is 33.3 Å². The third-order valence-electron chi connectivity index (χ3n) is 2.36. The summed E-state index contributed by atoms with van der Waals surface area (Å²) < 4.78 is 0. The summed E-state index contributed by atoms with van der Waals surface area (Å²) in [5.74, 6) is 0.836. The van der Waals surface area contributed by atoms with Crippen LogP contribution in [0.25, 0.3) is 0 Å². The molecular formula is C12H16Cl2. The summed E-state index contributed by atoms with van der Waals surface area (Å²) >= 11 is 12.4. The highest BCUT2D eigenvalue weighted by atomic mass is 35.5. The van der Waals surface area contributed by atoms with Crippen molar-refractivity contribution in [2.45, 2.75) is 39.5 Å². The molecule has 0 aromatic heterocycles. The number of benzene rings is 1. The molecule has 78 valence electrons. The fourth-order valence-corrected chi connectivity index (χ4v) is 2.24. The summed E-state index contributed by atoms with van der Waals surface area (Å²) in [4.78, 5) is 0. The van der Waals surface area contributed by atoms with Crippen molar-refractivity contribution < 1.29 is 0 Å². The third-order valence-corrected chi connectivity index (χ3v) is 3.01. The zero-order valence-electron chi connectivity index (χ0n) is 9.07. The fraction of sp³-hybridized carbons (Fsp3) is 0.500. The van der Waals surface area contributed by atoms with Gasteiger partial charge in [0.05, 0.1) is 0 Å². The topological polar surface area (TPSA) is 0 Å². The van der Waals surface area contributed by atoms with E-state index in [2.05, 4.69) is 27.7 Å². The van der Waals surface area contributed by atoms with Crippen LogP contribution < -0.4 is 0 Å². The van der Waals surface area contributed by atoms with Gasteiger partial charge >= 0.3 is 0 Å². The minimum Gasteiger partial charge on any atom is -0.0840 e. The monoisotopic (exact) mass is 230 g/mol. The minimum absolute atomic E-state index is 0.418. The van der Waals surface area contributed by atoms with Gasteiger partial charge in [0.1, 0.15) is 0 Å². The second kappa shape index (κ2) is 4.55. The maximum Gasteiger partial charge on any atom is 0.0444 e. The van der Waals surface area contributed by atoms with Crippen molar-refractivity contribution >= 4 is 23.2 Å². The standard InChI is InChI=1S/C12H16Cl2/c1-7(2)9-5-12(14)10(8(3)4)6-11(9)13/h5-8H,1-4H3. The normalized spacial score (nSPS) is 11.4. The van der Waals surface area contributed by atoms with E-state index in [1.807, 2.05) is 12.1 Å². The van der Waals surface area contributed by atoms with Crippen LogP contribution in [0.15, 0.2) is 12.1 Å². The van der Waals surface area contributed by atoms with E-state index < -0.39 is 0 Å². The van der Waals surface area contributed by atoms with E-state index in [4.69, 9.17) is 23.2 Å². The lowest BCUT2D eigenvalue weighted by Crippen LogP contribution is -1.94. The first-order valence-corrected chi connectivity index (χ1v) is 5.68. The van der Waals surface area contributed by atoms with Gasteiger partial charge in [0.25, 0.3) is 0 Å². The summed E-state index contributed by atoms with van der Waals surface area (Å²) in [6.07, 6.45) is 0. The second-order valence-corrected chi connectivity index (χ2v) is 5.02. The Kier molecular flexibility index (Phi) is 3.86. The molecule has 0 nitrogen and oxygen atoms in total. The summed E-state index contributed by atoms with van der Waals surface area (Å²) in [5, 5.41) is 1.65. The minimum atomic E-state index is 0.418. The Labute approximate surface area is 96.2 Å². The first-order valence-electron chi connectivity index (χ1n) is 4.92. The molecule has 2 heteroatoms. The van der Waals surface area contributed by atoms with Crippen LogP contribution in [0.5, 0.6) is 0 Å². The number of halogens is 2. The molecule has 0 amide bonds. The van der Waals surface area contributed by atoms with E-state index >= 15 is 0 Å². The predicted molar refractivity (Wildman–Crippen MR) is 64.6 cm³/mol. The average molecular weight is 231 g/mol. The van der Waals surface area contributed by atoms with Gasteiger partial charge in [-0.2, -0.15) is 0 Å². The first kappa shape index (κ1) is 11.9. The smallest absolute Gasteiger partial charge is 0.0444 e. The van der Waals surface area contributed by atoms with Gasteiger partial charge < -0.3 is 0 Å². The summed E-state index contributed by atoms with van der Waals surface area (Å²) in [5.41, 5.74) is 2.25. The number of hydrogen-bond donors (Lipinski definition) is 0. The first-order chi connectivity index (χ1) is 6.43. The molecule has 0 aliphatic heterocycles. The van der Waals surface area contributed by atoms with E-state index in [9.17, 15) is 0 Å². The van der Waals surface area contributed by atoms with Crippen molar-refractivity contribution in [1.82, 2.24) is 0 Å². The highest BCUT2D eigenvalue weighted by Gasteiger charge is 2.11. The predicted octanol–water partition coefficient (Wildman–Crippen LogP) is 5.24. The highest BCUT2D eigenvalue weighted by Crippen LogP contribution is 2.33. The molecule has 0 unspecified atom stereocenters. The Balaban J connectivity index is 3.24. The summed E-state index contributed by atoms with van der Waals surface area (Å²) in [6, 6.07) is 3.98. The van der Waals surface area contributed by atoms with Gasteiger partial charge in [-0.05, 0) is 35.1 Å². The zero-order chi connectivity index (χ0) is 10.9. The van der Waals surface area contributed by atoms with Gasteiger partial charge in [0, 0.05) is 10.0 Å². The summed E-state index contributed by atoms with van der Waals surface area (Å²) in [6.45, 7) is 8.47. The average Bonchev–Trinajstić information content (AvgIpc) is 2.07. The van der Waals surface area contributed by atoms with E-state index in [1.165, 1.54) is 0 Å². The lowest BCUT2D eigenvalue weighted by atomic mass is 9.97. The van der Waals surface area contributed by atoms with Gasteiger partial charge in [-0.3, -0.25) is 0 Å². The largest absolute Gasteiger partial charge is 0.0840 e. The van der Waals surface area contributed by atoms with Gasteiger partial charge in [-0.15, -0.1) is 0 Å². The van der Waals surface area contributed by atoms with Crippen LogP contribution in [0.2, 0.25) is 10.0 Å². The zero-order valence-corrected chi connectivity index (χ0v) is 10.6. The molecule has 0 aliphatic rings. The van der Waals surface area contributed by atoms with Crippen LogP contribution in [-0.4, -0.2) is 0 Å². The molecule has 0 N–H and O–H groups in total. The van der Waals surface area contributed by atoms with Gasteiger partial charge in [-0.25, -0.2) is 0 Å². The molecule has 0 aliphatic carbocycles. The molecular weight excluding hydrogens is 215 g/mol. The van der Waals surface area contributed by atoms with Gasteiger partial charge in [0.2, 0.25) is 0 Å². The molecule has 1 rings (SSSR count). The van der Waals surface area contributed by atoms with Crippen molar-refractivity contribution in [3.63, 3.8) is 0 Å². The number of rotatable bonds is 2. The maximum absolute atomic E-state index is 6.18. The number of hydrogen-bond acceptors (Lipinski definition) is 0. The molecule has 1 aromatic carbocycles. The Hall–Kier alpha value is -0.200. The molecule has 0 spiro atoms.